The average molecular weight is 527 g/mol. The first-order valence-corrected chi connectivity index (χ1v) is 12.0. The highest BCUT2D eigenvalue weighted by Crippen LogP contribution is 2.26. The lowest BCUT2D eigenvalue weighted by molar-refractivity contribution is -0.128. The number of nitrogens with two attached hydrogens (primary N) is 1. The molecule has 8 nitrogen and oxygen atoms in total. The summed E-state index contributed by atoms with van der Waals surface area (Å²) in [5, 5.41) is 3.34. The van der Waals surface area contributed by atoms with Crippen molar-refractivity contribution in [1.82, 2.24) is 15.1 Å². The monoisotopic (exact) mass is 526 g/mol. The first kappa shape index (κ1) is 25.5. The predicted octanol–water partition coefficient (Wildman–Crippen LogP) is 4.05. The van der Waals surface area contributed by atoms with E-state index in [1.165, 1.54) is 28.0 Å². The number of rotatable bonds is 6. The molecule has 1 heterocycles. The summed E-state index contributed by atoms with van der Waals surface area (Å²) in [5.41, 5.74) is 7.72. The maximum Gasteiger partial charge on any atom is 0.417 e. The zero-order chi connectivity index (χ0) is 25.7. The Balaban J connectivity index is 1.57. The van der Waals surface area contributed by atoms with E-state index in [2.05, 4.69) is 5.32 Å². The van der Waals surface area contributed by atoms with E-state index >= 15 is 0 Å². The minimum Gasteiger partial charge on any atom is -0.410 e. The molecule has 4 rings (SSSR count). The van der Waals surface area contributed by atoms with Crippen molar-refractivity contribution in [2.45, 2.75) is 19.3 Å². The number of ether oxygens (including phenoxy) is 1. The van der Waals surface area contributed by atoms with E-state index in [9.17, 15) is 14.4 Å². The van der Waals surface area contributed by atoms with Crippen LogP contribution in [-0.4, -0.2) is 47.0 Å². The second-order valence-electron chi connectivity index (χ2n) is 8.12. The number of amides is 3. The summed E-state index contributed by atoms with van der Waals surface area (Å²) in [6.45, 7) is 0.804. The van der Waals surface area contributed by atoms with Gasteiger partial charge in [-0.3, -0.25) is 14.5 Å². The van der Waals surface area contributed by atoms with E-state index in [-0.39, 0.29) is 30.2 Å². The number of hydrogen-bond acceptors (Lipinski definition) is 5. The highest BCUT2D eigenvalue weighted by Gasteiger charge is 2.44. The summed E-state index contributed by atoms with van der Waals surface area (Å²) in [6, 6.07) is 20.5. The van der Waals surface area contributed by atoms with E-state index < -0.39 is 24.1 Å². The Morgan fingerprint density at radius 1 is 0.889 bits per heavy atom. The summed E-state index contributed by atoms with van der Waals surface area (Å²) < 4.78 is 5.46. The maximum atomic E-state index is 13.4. The van der Waals surface area contributed by atoms with Crippen molar-refractivity contribution in [1.29, 1.82) is 0 Å². The van der Waals surface area contributed by atoms with Crippen LogP contribution in [0, 0.1) is 0 Å². The number of nitrogens with zero attached hydrogens (tertiary/aromatic N) is 2. The van der Waals surface area contributed by atoms with Gasteiger partial charge in [-0.15, -0.1) is 0 Å². The molecule has 0 saturated carbocycles. The lowest BCUT2D eigenvalue weighted by Crippen LogP contribution is -2.54. The minimum atomic E-state index is -1.22. The van der Waals surface area contributed by atoms with Gasteiger partial charge in [0.25, 0.3) is 11.8 Å². The lowest BCUT2D eigenvalue weighted by atomic mass is 10.1. The average Bonchev–Trinajstić information content (AvgIpc) is 3.35. The van der Waals surface area contributed by atoms with Gasteiger partial charge in [0.2, 0.25) is 0 Å². The van der Waals surface area contributed by atoms with Gasteiger partial charge in [0.1, 0.15) is 5.75 Å². The third-order valence-corrected chi connectivity index (χ3v) is 6.45. The van der Waals surface area contributed by atoms with Crippen LogP contribution in [-0.2, 0) is 17.9 Å². The molecule has 1 fully saturated rings. The van der Waals surface area contributed by atoms with Crippen LogP contribution in [0.3, 0.4) is 0 Å². The van der Waals surface area contributed by atoms with E-state index in [0.717, 1.165) is 11.1 Å². The number of hydrogen-bond donors (Lipinski definition) is 2. The number of carbonyl (C=O) groups is 3. The summed E-state index contributed by atoms with van der Waals surface area (Å²) in [4.78, 5) is 42.3. The summed E-state index contributed by atoms with van der Waals surface area (Å²) in [6.07, 6.45) is -1.96. The maximum absolute atomic E-state index is 13.4. The normalized spacial score (nSPS) is 15.0. The molecule has 0 bridgehead atoms. The van der Waals surface area contributed by atoms with Crippen LogP contribution in [0.4, 0.5) is 4.79 Å². The molecule has 3 aromatic carbocycles. The van der Waals surface area contributed by atoms with Crippen LogP contribution in [0.15, 0.2) is 72.8 Å². The van der Waals surface area contributed by atoms with Gasteiger partial charge in [-0.1, -0.05) is 65.7 Å². The Morgan fingerprint density at radius 3 is 2.33 bits per heavy atom. The van der Waals surface area contributed by atoms with Gasteiger partial charge in [-0.2, -0.15) is 0 Å². The molecule has 0 aromatic heterocycles. The Kier molecular flexibility index (Phi) is 8.10. The van der Waals surface area contributed by atoms with Gasteiger partial charge in [0.05, 0.1) is 10.0 Å². The first-order valence-electron chi connectivity index (χ1n) is 11.2. The predicted molar refractivity (Wildman–Crippen MR) is 137 cm³/mol. The summed E-state index contributed by atoms with van der Waals surface area (Å²) >= 11 is 12.1. The molecule has 1 unspecified atom stereocenters. The van der Waals surface area contributed by atoms with Gasteiger partial charge < -0.3 is 20.7 Å². The Labute approximate surface area is 218 Å². The molecule has 10 heteroatoms. The summed E-state index contributed by atoms with van der Waals surface area (Å²) in [5.74, 6) is -0.660. The van der Waals surface area contributed by atoms with E-state index in [0.29, 0.717) is 17.3 Å². The van der Waals surface area contributed by atoms with Crippen LogP contribution < -0.4 is 15.8 Å². The van der Waals surface area contributed by atoms with Crippen molar-refractivity contribution < 1.29 is 19.1 Å². The topological polar surface area (TPSA) is 105 Å². The van der Waals surface area contributed by atoms with Crippen molar-refractivity contribution in [3.05, 3.63) is 99.5 Å². The van der Waals surface area contributed by atoms with E-state index in [4.69, 9.17) is 33.7 Å². The fourth-order valence-corrected chi connectivity index (χ4v) is 4.20. The Morgan fingerprint density at radius 2 is 1.61 bits per heavy atom. The van der Waals surface area contributed by atoms with Gasteiger partial charge in [-0.25, -0.2) is 4.79 Å². The highest BCUT2D eigenvalue weighted by atomic mass is 35.5. The van der Waals surface area contributed by atoms with Crippen LogP contribution in [0.25, 0.3) is 0 Å². The Bertz CT molecular complexity index is 1270. The standard InChI is InChI=1S/C26H24Cl2N4O4/c27-21-10-9-19(14-22(21)28)25(34)31-11-12-32(26(35)36-20-7-2-1-3-8-20)24(31)23(33)30-16-18-6-4-5-17(13-18)15-29/h1-10,13-14,24H,11-12,15-16,29H2,(H,30,33). The van der Waals surface area contributed by atoms with Gasteiger partial charge in [0, 0.05) is 31.7 Å². The van der Waals surface area contributed by atoms with Crippen LogP contribution >= 0.6 is 23.2 Å². The SMILES string of the molecule is NCc1cccc(CNC(=O)C2N(C(=O)Oc3ccccc3)CCN2C(=O)c2ccc(Cl)c(Cl)c2)c1. The fourth-order valence-electron chi connectivity index (χ4n) is 3.91. The number of benzene rings is 3. The van der Waals surface area contributed by atoms with Gasteiger partial charge in [0.15, 0.2) is 6.17 Å². The van der Waals surface area contributed by atoms with Crippen LogP contribution in [0.1, 0.15) is 21.5 Å². The molecule has 0 aliphatic carbocycles. The first-order chi connectivity index (χ1) is 17.4. The highest BCUT2D eigenvalue weighted by molar-refractivity contribution is 6.42. The molecule has 0 spiro atoms. The lowest BCUT2D eigenvalue weighted by Gasteiger charge is -2.28. The van der Waals surface area contributed by atoms with Crippen molar-refractivity contribution in [3.8, 4) is 5.75 Å². The quantitative estimate of drug-likeness (QED) is 0.504. The molecule has 186 valence electrons. The number of para-hydroxylation sites is 1. The number of nitrogens with one attached hydrogen (secondary N) is 1. The second-order valence-corrected chi connectivity index (χ2v) is 8.93. The van der Waals surface area contributed by atoms with Crippen molar-refractivity contribution in [2.24, 2.45) is 5.73 Å². The van der Waals surface area contributed by atoms with E-state index in [1.807, 2.05) is 24.3 Å². The zero-order valence-corrected chi connectivity index (χ0v) is 20.7. The molecule has 1 aliphatic rings. The fraction of sp³-hybridized carbons (Fsp3) is 0.192. The molecule has 1 aliphatic heterocycles. The number of carbonyl (C=O) groups excluding carboxylic acids is 3. The van der Waals surface area contributed by atoms with Crippen molar-refractivity contribution >= 4 is 41.1 Å². The van der Waals surface area contributed by atoms with Crippen molar-refractivity contribution in [3.63, 3.8) is 0 Å². The largest absolute Gasteiger partial charge is 0.417 e. The van der Waals surface area contributed by atoms with E-state index in [1.54, 1.807) is 30.3 Å². The zero-order valence-electron chi connectivity index (χ0n) is 19.2. The molecular weight excluding hydrogens is 503 g/mol. The molecule has 3 N–H and O–H groups in total. The third-order valence-electron chi connectivity index (χ3n) is 5.71. The number of halogens is 2. The van der Waals surface area contributed by atoms with Gasteiger partial charge in [-0.05, 0) is 41.5 Å². The summed E-state index contributed by atoms with van der Waals surface area (Å²) in [7, 11) is 0. The molecule has 1 atom stereocenters. The van der Waals surface area contributed by atoms with Crippen LogP contribution in [0.5, 0.6) is 5.75 Å². The minimum absolute atomic E-state index is 0.111. The smallest absolute Gasteiger partial charge is 0.410 e. The van der Waals surface area contributed by atoms with Crippen molar-refractivity contribution in [2.75, 3.05) is 13.1 Å². The molecule has 3 aromatic rings. The van der Waals surface area contributed by atoms with Gasteiger partial charge >= 0.3 is 6.09 Å². The second kappa shape index (κ2) is 11.4. The molecule has 36 heavy (non-hydrogen) atoms. The molecular formula is C26H24Cl2N4O4. The molecule has 3 amide bonds. The molecule has 1 saturated heterocycles. The Hall–Kier alpha value is -3.59. The molecule has 0 radical (unpaired) electrons. The van der Waals surface area contributed by atoms with Crippen LogP contribution in [0.2, 0.25) is 10.0 Å². The third kappa shape index (κ3) is 5.79.